The van der Waals surface area contributed by atoms with Crippen molar-refractivity contribution in [1.82, 2.24) is 0 Å². The fraction of sp³-hybridized carbons (Fsp3) is 0.190. The van der Waals surface area contributed by atoms with Crippen LogP contribution >= 0.6 is 24.0 Å². The van der Waals surface area contributed by atoms with Crippen LogP contribution in [0.4, 0.5) is 5.69 Å². The van der Waals surface area contributed by atoms with E-state index in [2.05, 4.69) is 0 Å². The molecular weight excluding hydrogens is 410 g/mol. The fourth-order valence-electron chi connectivity index (χ4n) is 2.74. The molecular formula is C21H19NO5S2. The highest BCUT2D eigenvalue weighted by molar-refractivity contribution is 8.27. The average Bonchev–Trinajstić information content (AvgIpc) is 2.95. The second-order valence-electron chi connectivity index (χ2n) is 6.45. The van der Waals surface area contributed by atoms with Gasteiger partial charge in [-0.1, -0.05) is 36.1 Å². The molecule has 0 atom stereocenters. The molecule has 1 aliphatic heterocycles. The van der Waals surface area contributed by atoms with E-state index >= 15 is 0 Å². The van der Waals surface area contributed by atoms with E-state index in [0.29, 0.717) is 26.4 Å². The molecule has 1 heterocycles. The third-order valence-electron chi connectivity index (χ3n) is 3.99. The molecule has 0 aromatic heterocycles. The van der Waals surface area contributed by atoms with Crippen LogP contribution in [0.2, 0.25) is 0 Å². The predicted octanol–water partition coefficient (Wildman–Crippen LogP) is 4.59. The third kappa shape index (κ3) is 4.60. The van der Waals surface area contributed by atoms with Gasteiger partial charge in [-0.3, -0.25) is 9.69 Å². The van der Waals surface area contributed by atoms with Crippen LogP contribution in [-0.2, 0) is 4.79 Å². The summed E-state index contributed by atoms with van der Waals surface area (Å²) in [4.78, 5) is 25.9. The molecule has 6 nitrogen and oxygen atoms in total. The van der Waals surface area contributed by atoms with Crippen LogP contribution in [0.3, 0.4) is 0 Å². The van der Waals surface area contributed by atoms with Gasteiger partial charge in [0.2, 0.25) is 0 Å². The van der Waals surface area contributed by atoms with Crippen molar-refractivity contribution in [3.8, 4) is 11.5 Å². The van der Waals surface area contributed by atoms with E-state index < -0.39 is 5.97 Å². The number of anilines is 1. The van der Waals surface area contributed by atoms with Crippen molar-refractivity contribution in [3.63, 3.8) is 0 Å². The van der Waals surface area contributed by atoms with Crippen LogP contribution in [0.25, 0.3) is 6.08 Å². The number of benzene rings is 2. The van der Waals surface area contributed by atoms with E-state index in [4.69, 9.17) is 21.7 Å². The van der Waals surface area contributed by atoms with Gasteiger partial charge >= 0.3 is 5.97 Å². The van der Waals surface area contributed by atoms with Crippen LogP contribution in [-0.4, -0.2) is 34.5 Å². The van der Waals surface area contributed by atoms with Gasteiger partial charge in [-0.05, 0) is 55.8 Å². The summed E-state index contributed by atoms with van der Waals surface area (Å²) in [5, 5.41) is 9.18. The molecule has 1 N–H and O–H groups in total. The number of carbonyl (C=O) groups excluding carboxylic acids is 1. The quantitative estimate of drug-likeness (QED) is 0.532. The molecule has 0 unspecified atom stereocenters. The Bertz CT molecular complexity index is 1020. The predicted molar refractivity (Wildman–Crippen MR) is 118 cm³/mol. The first kappa shape index (κ1) is 20.9. The summed E-state index contributed by atoms with van der Waals surface area (Å²) in [6.07, 6.45) is 1.73. The summed E-state index contributed by atoms with van der Waals surface area (Å²) < 4.78 is 11.4. The molecule has 1 amide bonds. The molecule has 8 heteroatoms. The fourth-order valence-corrected chi connectivity index (χ4v) is 4.04. The maximum absolute atomic E-state index is 12.9. The smallest absolute Gasteiger partial charge is 0.335 e. The van der Waals surface area contributed by atoms with Crippen molar-refractivity contribution in [3.05, 3.63) is 58.5 Å². The van der Waals surface area contributed by atoms with Gasteiger partial charge in [-0.15, -0.1) is 0 Å². The highest BCUT2D eigenvalue weighted by atomic mass is 32.2. The second-order valence-corrected chi connectivity index (χ2v) is 8.13. The zero-order valence-corrected chi connectivity index (χ0v) is 17.7. The SMILES string of the molecule is COc1cc(C=C2SC(=S)N(c3cccc(C(=O)O)c3)C2=O)ccc1OC(C)C. The highest BCUT2D eigenvalue weighted by Gasteiger charge is 2.33. The first-order valence-electron chi connectivity index (χ1n) is 8.76. The molecule has 1 aliphatic rings. The lowest BCUT2D eigenvalue weighted by Gasteiger charge is -2.15. The Morgan fingerprint density at radius 1 is 1.21 bits per heavy atom. The molecule has 0 bridgehead atoms. The van der Waals surface area contributed by atoms with E-state index in [9.17, 15) is 14.7 Å². The largest absolute Gasteiger partial charge is 0.493 e. The summed E-state index contributed by atoms with van der Waals surface area (Å²) in [6.45, 7) is 3.86. The standard InChI is InChI=1S/C21H19NO5S2/c1-12(2)27-16-8-7-13(9-17(16)26-3)10-18-19(23)22(21(28)29-18)15-6-4-5-14(11-15)20(24)25/h4-12H,1-3H3,(H,24,25). The van der Waals surface area contributed by atoms with Crippen molar-refractivity contribution in [2.45, 2.75) is 20.0 Å². The Labute approximate surface area is 178 Å². The second kappa shape index (κ2) is 8.67. The molecule has 1 saturated heterocycles. The Morgan fingerprint density at radius 2 is 1.97 bits per heavy atom. The molecule has 0 saturated carbocycles. The Morgan fingerprint density at radius 3 is 2.62 bits per heavy atom. The zero-order chi connectivity index (χ0) is 21.1. The highest BCUT2D eigenvalue weighted by Crippen LogP contribution is 2.37. The number of carbonyl (C=O) groups is 2. The van der Waals surface area contributed by atoms with Crippen LogP contribution in [0.1, 0.15) is 29.8 Å². The number of carboxylic acid groups (broad SMARTS) is 1. The Hall–Kier alpha value is -2.84. The van der Waals surface area contributed by atoms with Gasteiger partial charge in [0.1, 0.15) is 0 Å². The van der Waals surface area contributed by atoms with Crippen molar-refractivity contribution in [2.24, 2.45) is 0 Å². The van der Waals surface area contributed by atoms with Gasteiger partial charge in [0, 0.05) is 0 Å². The van der Waals surface area contributed by atoms with Gasteiger partial charge in [-0.25, -0.2) is 4.79 Å². The first-order valence-corrected chi connectivity index (χ1v) is 9.98. The number of aromatic carboxylic acids is 1. The first-order chi connectivity index (χ1) is 13.8. The summed E-state index contributed by atoms with van der Waals surface area (Å²) in [6, 6.07) is 11.5. The molecule has 2 aromatic rings. The molecule has 3 rings (SSSR count). The monoisotopic (exact) mass is 429 g/mol. The maximum atomic E-state index is 12.9. The van der Waals surface area contributed by atoms with E-state index in [0.717, 1.165) is 17.3 Å². The number of nitrogens with zero attached hydrogens (tertiary/aromatic N) is 1. The molecule has 2 aromatic carbocycles. The number of amides is 1. The molecule has 150 valence electrons. The summed E-state index contributed by atoms with van der Waals surface area (Å²) in [7, 11) is 1.56. The Balaban J connectivity index is 1.90. The number of carboxylic acids is 1. The lowest BCUT2D eigenvalue weighted by molar-refractivity contribution is -0.113. The number of hydrogen-bond donors (Lipinski definition) is 1. The van der Waals surface area contributed by atoms with Crippen LogP contribution in [0.15, 0.2) is 47.4 Å². The van der Waals surface area contributed by atoms with Gasteiger partial charge in [0.25, 0.3) is 5.91 Å². The Kier molecular flexibility index (Phi) is 6.24. The van der Waals surface area contributed by atoms with Gasteiger partial charge in [-0.2, -0.15) is 0 Å². The minimum Gasteiger partial charge on any atom is -0.493 e. The van der Waals surface area contributed by atoms with Crippen molar-refractivity contribution >= 4 is 51.9 Å². The van der Waals surface area contributed by atoms with Crippen LogP contribution < -0.4 is 14.4 Å². The van der Waals surface area contributed by atoms with Crippen molar-refractivity contribution < 1.29 is 24.2 Å². The van der Waals surface area contributed by atoms with Gasteiger partial charge in [0.05, 0.1) is 29.4 Å². The number of thioether (sulfide) groups is 1. The molecule has 0 aliphatic carbocycles. The normalized spacial score (nSPS) is 15.3. The minimum atomic E-state index is -1.07. The number of methoxy groups -OCH3 is 1. The van der Waals surface area contributed by atoms with E-state index in [1.807, 2.05) is 19.9 Å². The van der Waals surface area contributed by atoms with E-state index in [-0.39, 0.29) is 17.6 Å². The minimum absolute atomic E-state index is 0.00701. The molecule has 0 radical (unpaired) electrons. The maximum Gasteiger partial charge on any atom is 0.335 e. The topological polar surface area (TPSA) is 76.1 Å². The number of thiocarbonyl (C=S) groups is 1. The number of hydrogen-bond acceptors (Lipinski definition) is 6. The molecule has 0 spiro atoms. The van der Waals surface area contributed by atoms with Crippen LogP contribution in [0, 0.1) is 0 Å². The summed E-state index contributed by atoms with van der Waals surface area (Å²) in [5.41, 5.74) is 1.28. The van der Waals surface area contributed by atoms with Crippen molar-refractivity contribution in [1.29, 1.82) is 0 Å². The van der Waals surface area contributed by atoms with E-state index in [1.54, 1.807) is 37.5 Å². The van der Waals surface area contributed by atoms with Crippen molar-refractivity contribution in [2.75, 3.05) is 12.0 Å². The number of ether oxygens (including phenoxy) is 2. The van der Waals surface area contributed by atoms with Gasteiger partial charge < -0.3 is 14.6 Å². The molecule has 29 heavy (non-hydrogen) atoms. The number of rotatable bonds is 6. The lowest BCUT2D eigenvalue weighted by atomic mass is 10.1. The van der Waals surface area contributed by atoms with Crippen LogP contribution in [0.5, 0.6) is 11.5 Å². The zero-order valence-electron chi connectivity index (χ0n) is 16.0. The summed E-state index contributed by atoms with van der Waals surface area (Å²) >= 11 is 6.52. The third-order valence-corrected chi connectivity index (χ3v) is 5.30. The van der Waals surface area contributed by atoms with Gasteiger partial charge in [0.15, 0.2) is 15.8 Å². The van der Waals surface area contributed by atoms with E-state index in [1.165, 1.54) is 17.0 Å². The summed E-state index contributed by atoms with van der Waals surface area (Å²) in [5.74, 6) is -0.178. The average molecular weight is 430 g/mol. The molecule has 1 fully saturated rings. The lowest BCUT2D eigenvalue weighted by Crippen LogP contribution is -2.27.